The Hall–Kier alpha value is -0.810. The van der Waals surface area contributed by atoms with Crippen LogP contribution in [0.25, 0.3) is 0 Å². The Morgan fingerprint density at radius 2 is 2.40 bits per heavy atom. The van der Waals surface area contributed by atoms with Crippen LogP contribution in [0, 0.1) is 0 Å². The minimum absolute atomic E-state index is 0.0302. The average Bonchev–Trinajstić information content (AvgIpc) is 2.18. The highest BCUT2D eigenvalue weighted by molar-refractivity contribution is 5.74. The van der Waals surface area contributed by atoms with E-state index in [1.165, 1.54) is 0 Å². The van der Waals surface area contributed by atoms with E-state index in [1.807, 2.05) is 13.8 Å². The Morgan fingerprint density at radius 3 is 2.93 bits per heavy atom. The maximum Gasteiger partial charge on any atom is 0.317 e. The molecule has 88 valence electrons. The molecule has 0 saturated carbocycles. The van der Waals surface area contributed by atoms with Crippen molar-refractivity contribution in [1.29, 1.82) is 0 Å². The van der Waals surface area contributed by atoms with Gasteiger partial charge in [-0.15, -0.1) is 0 Å². The van der Waals surface area contributed by atoms with Gasteiger partial charge in [0.15, 0.2) is 0 Å². The van der Waals surface area contributed by atoms with Gasteiger partial charge in [-0.1, -0.05) is 0 Å². The molecule has 5 heteroatoms. The number of carbonyl (C=O) groups is 1. The van der Waals surface area contributed by atoms with Gasteiger partial charge in [0.1, 0.15) is 0 Å². The third-order valence-corrected chi connectivity index (χ3v) is 2.25. The number of likely N-dealkylation sites (N-methyl/N-ethyl adjacent to an activating group) is 1. The first-order chi connectivity index (χ1) is 7.09. The molecule has 5 nitrogen and oxygen atoms in total. The molecule has 2 amide bonds. The van der Waals surface area contributed by atoms with Crippen molar-refractivity contribution in [2.75, 3.05) is 33.4 Å². The minimum Gasteiger partial charge on any atom is -0.378 e. The monoisotopic (exact) mass is 215 g/mol. The van der Waals surface area contributed by atoms with Crippen LogP contribution in [0.1, 0.15) is 13.8 Å². The van der Waals surface area contributed by atoms with Crippen molar-refractivity contribution in [1.82, 2.24) is 15.5 Å². The summed E-state index contributed by atoms with van der Waals surface area (Å²) in [7, 11) is 1.80. The molecule has 1 unspecified atom stereocenters. The molecule has 0 aromatic rings. The molecule has 1 rings (SSSR count). The van der Waals surface area contributed by atoms with E-state index in [0.717, 1.165) is 13.2 Å². The van der Waals surface area contributed by atoms with E-state index in [0.29, 0.717) is 13.2 Å². The first-order valence-corrected chi connectivity index (χ1v) is 5.42. The summed E-state index contributed by atoms with van der Waals surface area (Å²) in [4.78, 5) is 13.3. The molecule has 0 aliphatic carbocycles. The first kappa shape index (κ1) is 12.3. The van der Waals surface area contributed by atoms with Crippen LogP contribution in [0.3, 0.4) is 0 Å². The number of hydrogen-bond donors (Lipinski definition) is 2. The molecule has 1 heterocycles. The van der Waals surface area contributed by atoms with Crippen LogP contribution in [0.5, 0.6) is 0 Å². The van der Waals surface area contributed by atoms with E-state index in [9.17, 15) is 4.79 Å². The molecule has 0 aromatic heterocycles. The fourth-order valence-electron chi connectivity index (χ4n) is 1.51. The van der Waals surface area contributed by atoms with Crippen LogP contribution >= 0.6 is 0 Å². The quantitative estimate of drug-likeness (QED) is 0.698. The standard InChI is InChI=1S/C10H21N3O2/c1-8(2)12-10(14)13(3)6-9-7-15-5-4-11-9/h8-9,11H,4-7H2,1-3H3,(H,12,14). The molecule has 2 N–H and O–H groups in total. The van der Waals surface area contributed by atoms with Crippen LogP contribution in [0.2, 0.25) is 0 Å². The van der Waals surface area contributed by atoms with Gasteiger partial charge in [0.05, 0.1) is 13.2 Å². The van der Waals surface area contributed by atoms with Gasteiger partial charge >= 0.3 is 6.03 Å². The van der Waals surface area contributed by atoms with Crippen LogP contribution in [0.15, 0.2) is 0 Å². The lowest BCUT2D eigenvalue weighted by Gasteiger charge is -2.28. The van der Waals surface area contributed by atoms with Gasteiger partial charge in [0.2, 0.25) is 0 Å². The average molecular weight is 215 g/mol. The van der Waals surface area contributed by atoms with Crippen molar-refractivity contribution >= 4 is 6.03 Å². The van der Waals surface area contributed by atoms with E-state index in [4.69, 9.17) is 4.74 Å². The smallest absolute Gasteiger partial charge is 0.317 e. The summed E-state index contributed by atoms with van der Waals surface area (Å²) in [5.41, 5.74) is 0. The summed E-state index contributed by atoms with van der Waals surface area (Å²) >= 11 is 0. The lowest BCUT2D eigenvalue weighted by Crippen LogP contribution is -2.51. The van der Waals surface area contributed by atoms with Crippen LogP contribution < -0.4 is 10.6 Å². The summed E-state index contributed by atoms with van der Waals surface area (Å²) in [5, 5.41) is 6.16. The summed E-state index contributed by atoms with van der Waals surface area (Å²) in [6.45, 7) is 6.89. The number of hydrogen-bond acceptors (Lipinski definition) is 3. The number of carbonyl (C=O) groups excluding carboxylic acids is 1. The number of rotatable bonds is 3. The summed E-state index contributed by atoms with van der Waals surface area (Å²) < 4.78 is 5.32. The molecule has 1 aliphatic rings. The highest BCUT2D eigenvalue weighted by Crippen LogP contribution is 1.96. The van der Waals surface area contributed by atoms with E-state index >= 15 is 0 Å². The third kappa shape index (κ3) is 4.48. The number of amides is 2. The number of urea groups is 1. The minimum atomic E-state index is -0.0302. The van der Waals surface area contributed by atoms with Gasteiger partial charge in [-0.05, 0) is 13.8 Å². The SMILES string of the molecule is CC(C)NC(=O)N(C)CC1COCCN1. The van der Waals surface area contributed by atoms with Crippen molar-refractivity contribution in [3.63, 3.8) is 0 Å². The normalized spacial score (nSPS) is 21.5. The van der Waals surface area contributed by atoms with E-state index in [-0.39, 0.29) is 18.1 Å². The van der Waals surface area contributed by atoms with Gasteiger partial charge in [-0.3, -0.25) is 0 Å². The van der Waals surface area contributed by atoms with E-state index in [1.54, 1.807) is 11.9 Å². The van der Waals surface area contributed by atoms with Gasteiger partial charge in [-0.2, -0.15) is 0 Å². The van der Waals surface area contributed by atoms with Crippen LogP contribution in [0.4, 0.5) is 4.79 Å². The van der Waals surface area contributed by atoms with Crippen molar-refractivity contribution in [3.8, 4) is 0 Å². The molecular formula is C10H21N3O2. The Balaban J connectivity index is 2.26. The van der Waals surface area contributed by atoms with Crippen molar-refractivity contribution in [2.45, 2.75) is 25.9 Å². The van der Waals surface area contributed by atoms with E-state index < -0.39 is 0 Å². The largest absolute Gasteiger partial charge is 0.378 e. The summed E-state index contributed by atoms with van der Waals surface area (Å²) in [6.07, 6.45) is 0. The van der Waals surface area contributed by atoms with Gasteiger partial charge in [0, 0.05) is 32.2 Å². The molecular weight excluding hydrogens is 194 g/mol. The van der Waals surface area contributed by atoms with Crippen LogP contribution in [-0.2, 0) is 4.74 Å². The Bertz CT molecular complexity index is 203. The van der Waals surface area contributed by atoms with Crippen LogP contribution in [-0.4, -0.2) is 56.4 Å². The third-order valence-electron chi connectivity index (χ3n) is 2.25. The molecule has 1 aliphatic heterocycles. The lowest BCUT2D eigenvalue weighted by atomic mass is 10.2. The Kier molecular flexibility index (Phi) is 4.84. The number of nitrogens with zero attached hydrogens (tertiary/aromatic N) is 1. The van der Waals surface area contributed by atoms with Gasteiger partial charge in [0.25, 0.3) is 0 Å². The topological polar surface area (TPSA) is 53.6 Å². The molecule has 1 fully saturated rings. The van der Waals surface area contributed by atoms with E-state index in [2.05, 4.69) is 10.6 Å². The predicted molar refractivity (Wildman–Crippen MR) is 58.9 cm³/mol. The summed E-state index contributed by atoms with van der Waals surface area (Å²) in [5.74, 6) is 0. The zero-order chi connectivity index (χ0) is 11.3. The maximum atomic E-state index is 11.6. The first-order valence-electron chi connectivity index (χ1n) is 5.42. The zero-order valence-electron chi connectivity index (χ0n) is 9.75. The summed E-state index contributed by atoms with van der Waals surface area (Å²) in [6, 6.07) is 0.398. The maximum absolute atomic E-state index is 11.6. The highest BCUT2D eigenvalue weighted by atomic mass is 16.5. The number of nitrogens with one attached hydrogen (secondary N) is 2. The second kappa shape index (κ2) is 5.92. The Labute approximate surface area is 91.2 Å². The van der Waals surface area contributed by atoms with Crippen molar-refractivity contribution < 1.29 is 9.53 Å². The van der Waals surface area contributed by atoms with Crippen molar-refractivity contribution in [3.05, 3.63) is 0 Å². The molecule has 0 radical (unpaired) electrons. The highest BCUT2D eigenvalue weighted by Gasteiger charge is 2.18. The Morgan fingerprint density at radius 1 is 1.67 bits per heavy atom. The number of ether oxygens (including phenoxy) is 1. The zero-order valence-corrected chi connectivity index (χ0v) is 9.75. The fourth-order valence-corrected chi connectivity index (χ4v) is 1.51. The molecule has 1 atom stereocenters. The van der Waals surface area contributed by atoms with Crippen molar-refractivity contribution in [2.24, 2.45) is 0 Å². The number of morpholine rings is 1. The molecule has 0 aromatic carbocycles. The van der Waals surface area contributed by atoms with Gasteiger partial charge in [-0.25, -0.2) is 4.79 Å². The lowest BCUT2D eigenvalue weighted by molar-refractivity contribution is 0.0683. The molecule has 0 spiro atoms. The predicted octanol–water partition coefficient (Wildman–Crippen LogP) is 0.0246. The second-order valence-electron chi connectivity index (χ2n) is 4.21. The second-order valence-corrected chi connectivity index (χ2v) is 4.21. The molecule has 0 bridgehead atoms. The fraction of sp³-hybridized carbons (Fsp3) is 0.900. The molecule has 15 heavy (non-hydrogen) atoms. The molecule has 1 saturated heterocycles. The van der Waals surface area contributed by atoms with Gasteiger partial charge < -0.3 is 20.3 Å².